The summed E-state index contributed by atoms with van der Waals surface area (Å²) in [5.41, 5.74) is 25.9. The van der Waals surface area contributed by atoms with Crippen LogP contribution >= 0.6 is 0 Å². The predicted molar refractivity (Wildman–Crippen MR) is 538 cm³/mol. The average Bonchev–Trinajstić information content (AvgIpc) is 1.57. The fourth-order valence-corrected chi connectivity index (χ4v) is 28.8. The van der Waals surface area contributed by atoms with Crippen LogP contribution in [0.4, 0.5) is 0 Å². The maximum Gasteiger partial charge on any atom is 0.254 e. The van der Waals surface area contributed by atoms with E-state index in [0.717, 1.165) is 93.7 Å². The van der Waals surface area contributed by atoms with Crippen molar-refractivity contribution in [1.82, 2.24) is 22.8 Å². The van der Waals surface area contributed by atoms with Crippen LogP contribution in [-0.2, 0) is 21.7 Å². The molecule has 24 rings (SSSR count). The summed E-state index contributed by atoms with van der Waals surface area (Å²) in [5, 5.41) is 0. The Morgan fingerprint density at radius 1 is 0.252 bits per heavy atom. The van der Waals surface area contributed by atoms with Crippen molar-refractivity contribution in [2.45, 2.75) is 334 Å². The third-order valence-electron chi connectivity index (χ3n) is 35.2. The lowest BCUT2D eigenvalue weighted by molar-refractivity contribution is -0.602. The molecule has 3 unspecified atom stereocenters. The van der Waals surface area contributed by atoms with Crippen LogP contribution < -0.4 is 22.8 Å². The van der Waals surface area contributed by atoms with Gasteiger partial charge >= 0.3 is 0 Å². The molecular weight excluding hydrogens is 1590 g/mol. The molecule has 6 aromatic carbocycles. The largest absolute Gasteiger partial charge is 0.254 e. The highest BCUT2D eigenvalue weighted by Gasteiger charge is 2.59. The van der Waals surface area contributed by atoms with E-state index in [9.17, 15) is 1.37 Å². The van der Waals surface area contributed by atoms with Crippen LogP contribution in [0.1, 0.15) is 342 Å². The van der Waals surface area contributed by atoms with Gasteiger partial charge in [0, 0.05) is 41.9 Å². The molecule has 0 spiro atoms. The minimum atomic E-state index is -0.686. The first-order valence-corrected chi connectivity index (χ1v) is 52.1. The summed E-state index contributed by atoms with van der Waals surface area (Å²) < 4.78 is 75.4. The average molecular weight is 1750 g/mol. The van der Waals surface area contributed by atoms with Gasteiger partial charge in [0.25, 0.3) is 31.5 Å². The number of hydrogen-bond acceptors (Lipinski definition) is 0. The van der Waals surface area contributed by atoms with E-state index >= 15 is 0 Å². The minimum Gasteiger partial charge on any atom is -0.205 e. The molecule has 3 atom stereocenters. The van der Waals surface area contributed by atoms with Crippen molar-refractivity contribution in [3.05, 3.63) is 304 Å². The van der Waals surface area contributed by atoms with Gasteiger partial charge in [-0.2, -0.15) is 22.8 Å². The van der Waals surface area contributed by atoms with Crippen molar-refractivity contribution in [3.8, 4) is 28.4 Å². The Hall–Kier alpha value is -9.93. The number of para-hydroxylation sites is 5. The molecule has 5 aliphatic heterocycles. The fourth-order valence-electron chi connectivity index (χ4n) is 28.8. The summed E-state index contributed by atoms with van der Waals surface area (Å²) in [7, 11) is 0. The van der Waals surface area contributed by atoms with Crippen molar-refractivity contribution in [3.63, 3.8) is 0 Å². The SMILES string of the molecule is [2H]c1n2c(c(C)[n+]1-c1ccccc1C)C(C1CCCC1)(C1CCCC1)C=C2.[2H]c1n2c(c(C)[n+]1-c1ccccc1C)C(C1CCCCC1)(C1CCCC1)C=C2.[2H]c1n2c(c(C)[n+]1-c1ccccc1C)C(C1CCCCC1)(C1CCCCC1)C=C2.[2H]c1n2c(c(C)[n+]1-c1ccccc1C)C([2H])(C1CCCCC1)C=C2.[2H]c1n2c(c(C)[n+]1-c1ccccc1C)C(c1ccccc1)(C1CCCCC1)C=C2. The third kappa shape index (κ3) is 16.0. The second kappa shape index (κ2) is 38.2. The van der Waals surface area contributed by atoms with Gasteiger partial charge in [0.15, 0.2) is 35.3 Å². The van der Waals surface area contributed by atoms with Crippen LogP contribution in [-0.4, -0.2) is 22.8 Å². The zero-order chi connectivity index (χ0) is 94.8. The number of imidazole rings is 5. The maximum atomic E-state index is 9.22. The summed E-state index contributed by atoms with van der Waals surface area (Å²) in [5.74, 6) is 4.69. The smallest absolute Gasteiger partial charge is 0.205 e. The molecule has 11 aromatic rings. The number of rotatable bonds is 14. The Labute approximate surface area is 794 Å². The van der Waals surface area contributed by atoms with Gasteiger partial charge in [0.2, 0.25) is 0 Å². The Bertz CT molecular complexity index is 6370. The number of fused-ring (bicyclic) bond motifs is 5. The molecular formula is C121H153N10+5. The van der Waals surface area contributed by atoms with E-state index < -0.39 is 5.89 Å². The Morgan fingerprint density at radius 3 is 0.809 bits per heavy atom. The van der Waals surface area contributed by atoms with Gasteiger partial charge in [-0.15, -0.1) is 0 Å². The van der Waals surface area contributed by atoms with Crippen LogP contribution in [0, 0.1) is 117 Å². The Kier molecular flexibility index (Phi) is 23.9. The molecule has 5 aromatic heterocycles. The normalized spacial score (nSPS) is 24.0. The summed E-state index contributed by atoms with van der Waals surface area (Å²) >= 11 is 0. The predicted octanol–water partition coefficient (Wildman–Crippen LogP) is 27.9. The van der Waals surface area contributed by atoms with Crippen molar-refractivity contribution >= 4 is 31.0 Å². The summed E-state index contributed by atoms with van der Waals surface area (Å²) in [6.45, 7) is 21.7. The van der Waals surface area contributed by atoms with Crippen molar-refractivity contribution < 1.29 is 31.1 Å². The molecule has 8 saturated carbocycles. The molecule has 682 valence electrons. The van der Waals surface area contributed by atoms with Crippen molar-refractivity contribution in [2.24, 2.45) is 47.3 Å². The summed E-state index contributed by atoms with van der Waals surface area (Å²) in [4.78, 5) is 0. The van der Waals surface area contributed by atoms with E-state index in [0.29, 0.717) is 43.4 Å². The topological polar surface area (TPSA) is 44.0 Å². The van der Waals surface area contributed by atoms with Crippen LogP contribution in [0.25, 0.3) is 59.4 Å². The number of hydrogen-bond donors (Lipinski definition) is 0. The number of aryl methyl sites for hydroxylation is 5. The molecule has 0 bridgehead atoms. The van der Waals surface area contributed by atoms with E-state index in [-0.39, 0.29) is 21.7 Å². The monoisotopic (exact) mass is 1750 g/mol. The molecule has 10 heteroatoms. The molecule has 8 aliphatic carbocycles. The molecule has 10 heterocycles. The standard InChI is InChI=1S/C26H35N2.C26H29N2.C25H33N2.C24H31N2.C20H25N2/c2*1-20-11-9-10-16-24(20)28-19-27-18-17-26(25(27)21(28)2,22-12-5-3-6-13-22)23-14-7-4-8-15-23;1-19-10-6-9-15-23(19)27-18-26-17-16-25(24(26)20(27)2,22-13-7-8-14-22)21-11-4-3-5-12-21;1-18-9-3-8-14-22(18)26-17-25-16-15-24(23(25)19(26)2,20-10-4-5-11-20)21-12-6-7-13-21;1-15-8-6-7-11-19(15)22-14-21-13-12-18(20(21)16(22)2)17-9-4-3-5-10-17/h9-11,16-19,22-23H,3-8,12-15H2,1-2H3;3,5-6,9-13,16-19,23H,4,7-8,14-15H2,1-2H3;6,9-10,15-18,21-22H,3-5,7-8,11-14H2,1-2H3;3,8-9,14-17,20-21H,4-7,10-13H2,1-2H3;6-8,11-14,17-18H,3-5,9-10H2,1-2H3/q5*+1/i2*19D;18D;17D;14D,18D. The van der Waals surface area contributed by atoms with Gasteiger partial charge in [0.05, 0.1) is 52.7 Å². The van der Waals surface area contributed by atoms with Crippen molar-refractivity contribution in [2.75, 3.05) is 0 Å². The summed E-state index contributed by atoms with van der Waals surface area (Å²) in [6, 6.07) is 53.1. The van der Waals surface area contributed by atoms with Crippen LogP contribution in [0.15, 0.2) is 214 Å². The first kappa shape index (κ1) is 81.8. The molecule has 8 fully saturated rings. The van der Waals surface area contributed by atoms with E-state index in [4.69, 9.17) is 6.85 Å². The Balaban J connectivity index is 0.000000106. The maximum absolute atomic E-state index is 9.22. The van der Waals surface area contributed by atoms with E-state index in [1.165, 1.54) is 298 Å². The molecule has 13 aliphatic rings. The van der Waals surface area contributed by atoms with Crippen LogP contribution in [0.3, 0.4) is 0 Å². The highest BCUT2D eigenvalue weighted by atomic mass is 15.2. The van der Waals surface area contributed by atoms with Crippen LogP contribution in [0.5, 0.6) is 0 Å². The highest BCUT2D eigenvalue weighted by Crippen LogP contribution is 2.60. The molecule has 0 radical (unpaired) electrons. The molecule has 10 nitrogen and oxygen atoms in total. The molecule has 0 saturated heterocycles. The van der Waals surface area contributed by atoms with Crippen molar-refractivity contribution in [1.29, 1.82) is 0 Å². The van der Waals surface area contributed by atoms with Crippen LogP contribution in [0.2, 0.25) is 0 Å². The second-order valence-electron chi connectivity index (χ2n) is 42.3. The zero-order valence-corrected chi connectivity index (χ0v) is 81.0. The van der Waals surface area contributed by atoms with Gasteiger partial charge in [-0.05, 0) is 279 Å². The van der Waals surface area contributed by atoms with E-state index in [1.54, 1.807) is 0 Å². The van der Waals surface area contributed by atoms with Gasteiger partial charge < -0.3 is 0 Å². The van der Waals surface area contributed by atoms with Gasteiger partial charge in [-0.25, -0.2) is 22.8 Å². The number of benzene rings is 6. The molecule has 131 heavy (non-hydrogen) atoms. The first-order chi connectivity index (χ1) is 66.6. The van der Waals surface area contributed by atoms with Gasteiger partial charge in [0.1, 0.15) is 56.9 Å². The number of allylic oxidation sites excluding steroid dienone is 5. The second-order valence-corrected chi connectivity index (χ2v) is 42.3. The summed E-state index contributed by atoms with van der Waals surface area (Å²) in [6.07, 6.45) is 74.9. The minimum absolute atomic E-state index is 0.134. The fraction of sp³-hybridized carbons (Fsp3) is 0.496. The molecule has 0 N–H and O–H groups in total. The molecule has 0 amide bonds. The zero-order valence-electron chi connectivity index (χ0n) is 87.0. The lowest BCUT2D eigenvalue weighted by Gasteiger charge is -2.44. The lowest BCUT2D eigenvalue weighted by Crippen LogP contribution is -2.44. The van der Waals surface area contributed by atoms with Gasteiger partial charge in [-0.3, -0.25) is 0 Å². The number of nitrogens with zero attached hydrogens (tertiary/aromatic N) is 10. The lowest BCUT2D eigenvalue weighted by atomic mass is 9.57. The van der Waals surface area contributed by atoms with Gasteiger partial charge in [-0.1, -0.05) is 256 Å². The number of aromatic nitrogens is 10. The van der Waals surface area contributed by atoms with E-state index in [2.05, 4.69) is 294 Å². The Morgan fingerprint density at radius 2 is 0.496 bits per heavy atom. The van der Waals surface area contributed by atoms with E-state index in [1.807, 2.05) is 33.5 Å². The third-order valence-corrected chi connectivity index (χ3v) is 35.2. The first-order valence-electron chi connectivity index (χ1n) is 55.1. The highest BCUT2D eigenvalue weighted by molar-refractivity contribution is 5.57. The quantitative estimate of drug-likeness (QED) is 0.0974.